The molecule has 41 heavy (non-hydrogen) atoms. The fourth-order valence-electron chi connectivity index (χ4n) is 6.81. The molecular formula is C28H29N3O9S. The van der Waals surface area contributed by atoms with Gasteiger partial charge in [0.15, 0.2) is 34.7 Å². The number of phenols is 1. The van der Waals surface area contributed by atoms with Crippen LogP contribution in [0.1, 0.15) is 22.3 Å². The number of Topliss-reactive ketones (excluding diaryl/α,β-unsaturated/α-hetero) is 4. The van der Waals surface area contributed by atoms with Gasteiger partial charge in [0, 0.05) is 11.6 Å². The van der Waals surface area contributed by atoms with E-state index in [4.69, 9.17) is 5.73 Å². The molecular weight excluding hydrogens is 554 g/mol. The number of rotatable bonds is 5. The number of benzene rings is 2. The van der Waals surface area contributed by atoms with Crippen LogP contribution in [0, 0.1) is 23.7 Å². The zero-order chi connectivity index (χ0) is 30.2. The number of ketones is 4. The summed E-state index contributed by atoms with van der Waals surface area (Å²) in [6.45, 7) is 0. The molecule has 0 heterocycles. The van der Waals surface area contributed by atoms with Crippen molar-refractivity contribution in [2.75, 3.05) is 25.1 Å². The van der Waals surface area contributed by atoms with Crippen molar-refractivity contribution >= 4 is 44.8 Å². The number of anilines is 1. The van der Waals surface area contributed by atoms with Crippen LogP contribution in [0.15, 0.2) is 36.4 Å². The van der Waals surface area contributed by atoms with Gasteiger partial charge in [-0.1, -0.05) is 18.2 Å². The Morgan fingerprint density at radius 2 is 1.68 bits per heavy atom. The van der Waals surface area contributed by atoms with E-state index in [0.717, 1.165) is 6.26 Å². The van der Waals surface area contributed by atoms with Crippen molar-refractivity contribution in [2.45, 2.75) is 24.5 Å². The molecule has 0 aromatic heterocycles. The number of carbonyl (C=O) groups is 5. The van der Waals surface area contributed by atoms with Gasteiger partial charge in [0.1, 0.15) is 5.75 Å². The molecule has 0 spiro atoms. The molecule has 0 aliphatic heterocycles. The average molecular weight is 584 g/mol. The van der Waals surface area contributed by atoms with Gasteiger partial charge in [0.2, 0.25) is 15.9 Å². The van der Waals surface area contributed by atoms with Gasteiger partial charge < -0.3 is 15.9 Å². The predicted octanol–water partition coefficient (Wildman–Crippen LogP) is -0.0945. The Bertz CT molecular complexity index is 1630. The third-order valence-corrected chi connectivity index (χ3v) is 9.05. The largest absolute Gasteiger partial charge is 0.507 e. The number of nitrogens with zero attached hydrogens (tertiary/aromatic N) is 1. The number of aliphatic hydroxyl groups is 1. The van der Waals surface area contributed by atoms with Gasteiger partial charge in [0.25, 0.3) is 0 Å². The molecule has 2 saturated carbocycles. The lowest BCUT2D eigenvalue weighted by atomic mass is 9.52. The van der Waals surface area contributed by atoms with Gasteiger partial charge in [-0.25, -0.2) is 8.42 Å². The van der Waals surface area contributed by atoms with E-state index in [-0.39, 0.29) is 24.2 Å². The van der Waals surface area contributed by atoms with Crippen molar-refractivity contribution in [2.24, 2.45) is 29.4 Å². The maximum Gasteiger partial charge on any atom is 0.235 e. The monoisotopic (exact) mass is 583 g/mol. The fourth-order valence-corrected chi connectivity index (χ4v) is 7.37. The normalized spacial score (nSPS) is 29.5. The van der Waals surface area contributed by atoms with Gasteiger partial charge in [-0.15, -0.1) is 0 Å². The first-order valence-corrected chi connectivity index (χ1v) is 14.7. The SMILES string of the molecule is CN(C)[C@H]1C(=O)C(C(N)=O)C(=O)[C@@]2(O)C(=O)C3C(=O)c4c(O)ccc(-c5ccc(NS(C)(=O)=O)cc5)c4C[C@H]3C[C@@H]12. The number of aromatic hydroxyl groups is 1. The molecule has 6 atom stereocenters. The smallest absolute Gasteiger partial charge is 0.235 e. The van der Waals surface area contributed by atoms with Crippen molar-refractivity contribution in [3.05, 3.63) is 47.5 Å². The van der Waals surface area contributed by atoms with Crippen LogP contribution < -0.4 is 10.5 Å². The lowest BCUT2D eigenvalue weighted by Crippen LogP contribution is -2.74. The third-order valence-electron chi connectivity index (χ3n) is 8.44. The maximum atomic E-state index is 13.9. The summed E-state index contributed by atoms with van der Waals surface area (Å²) < 4.78 is 25.5. The molecule has 0 radical (unpaired) electrons. The molecule has 216 valence electrons. The van der Waals surface area contributed by atoms with Crippen LogP contribution in [0.25, 0.3) is 11.1 Å². The van der Waals surface area contributed by atoms with Gasteiger partial charge in [-0.3, -0.25) is 33.6 Å². The minimum absolute atomic E-state index is 0.0593. The van der Waals surface area contributed by atoms with Gasteiger partial charge in [0.05, 0.1) is 23.8 Å². The molecule has 13 heteroatoms. The maximum absolute atomic E-state index is 13.9. The van der Waals surface area contributed by atoms with E-state index >= 15 is 0 Å². The van der Waals surface area contributed by atoms with Crippen LogP contribution in [0.2, 0.25) is 0 Å². The summed E-state index contributed by atoms with van der Waals surface area (Å²) >= 11 is 0. The topological polar surface area (TPSA) is 201 Å². The fraction of sp³-hybridized carbons (Fsp3) is 0.393. The van der Waals surface area contributed by atoms with Crippen LogP contribution in [0.5, 0.6) is 5.75 Å². The Morgan fingerprint density at radius 3 is 2.24 bits per heavy atom. The molecule has 2 fully saturated rings. The summed E-state index contributed by atoms with van der Waals surface area (Å²) in [5.74, 6) is -11.1. The zero-order valence-electron chi connectivity index (χ0n) is 22.5. The second kappa shape index (κ2) is 9.57. The highest BCUT2D eigenvalue weighted by atomic mass is 32.2. The highest BCUT2D eigenvalue weighted by Gasteiger charge is 2.69. The number of likely N-dealkylation sites (N-methyl/N-ethyl adjacent to an activating group) is 1. The lowest BCUT2D eigenvalue weighted by Gasteiger charge is -2.52. The molecule has 1 amide bonds. The highest BCUT2D eigenvalue weighted by Crippen LogP contribution is 2.51. The quantitative estimate of drug-likeness (QED) is 0.345. The number of carbonyl (C=O) groups excluding carboxylic acids is 5. The Kier molecular flexibility index (Phi) is 6.67. The number of hydrogen-bond donors (Lipinski definition) is 4. The first-order valence-electron chi connectivity index (χ1n) is 12.9. The molecule has 5 N–H and O–H groups in total. The summed E-state index contributed by atoms with van der Waals surface area (Å²) in [4.78, 5) is 67.8. The lowest BCUT2D eigenvalue weighted by molar-refractivity contribution is -0.181. The number of hydrogen-bond acceptors (Lipinski definition) is 10. The molecule has 2 unspecified atom stereocenters. The van der Waals surface area contributed by atoms with Crippen molar-refractivity contribution < 1.29 is 42.6 Å². The second-order valence-corrected chi connectivity index (χ2v) is 13.0. The number of nitrogens with one attached hydrogen (secondary N) is 1. The number of phenolic OH excluding ortho intramolecular Hbond substituents is 1. The van der Waals surface area contributed by atoms with Crippen molar-refractivity contribution in [1.29, 1.82) is 0 Å². The summed E-state index contributed by atoms with van der Waals surface area (Å²) in [6, 6.07) is 8.10. The van der Waals surface area contributed by atoms with E-state index in [1.54, 1.807) is 30.3 Å². The van der Waals surface area contributed by atoms with Gasteiger partial charge in [-0.05, 0) is 67.7 Å². The van der Waals surface area contributed by atoms with Crippen molar-refractivity contribution in [3.63, 3.8) is 0 Å². The minimum Gasteiger partial charge on any atom is -0.507 e. The zero-order valence-corrected chi connectivity index (χ0v) is 23.3. The summed E-state index contributed by atoms with van der Waals surface area (Å²) in [6.07, 6.45) is 1.07. The Morgan fingerprint density at radius 1 is 1.05 bits per heavy atom. The molecule has 5 rings (SSSR count). The number of amides is 1. The first kappa shape index (κ1) is 28.6. The third kappa shape index (κ3) is 4.35. The van der Waals surface area contributed by atoms with E-state index in [9.17, 15) is 42.6 Å². The summed E-state index contributed by atoms with van der Waals surface area (Å²) in [7, 11) is -0.457. The number of primary amides is 1. The van der Waals surface area contributed by atoms with Gasteiger partial charge >= 0.3 is 0 Å². The molecule has 2 aromatic carbocycles. The molecule has 3 aliphatic carbocycles. The molecule has 2 aromatic rings. The Balaban J connectivity index is 1.60. The average Bonchev–Trinajstić information content (AvgIpc) is 2.85. The molecule has 0 saturated heterocycles. The number of nitrogens with two attached hydrogens (primary N) is 1. The molecule has 3 aliphatic rings. The minimum atomic E-state index is -3.50. The van der Waals surface area contributed by atoms with Crippen molar-refractivity contribution in [1.82, 2.24) is 4.90 Å². The van der Waals surface area contributed by atoms with Crippen LogP contribution in [0.3, 0.4) is 0 Å². The summed E-state index contributed by atoms with van der Waals surface area (Å²) in [5.41, 5.74) is 4.39. The molecule has 12 nitrogen and oxygen atoms in total. The Hall–Kier alpha value is -3.94. The van der Waals surface area contributed by atoms with Crippen LogP contribution >= 0.6 is 0 Å². The van der Waals surface area contributed by atoms with Crippen LogP contribution in [-0.2, 0) is 35.6 Å². The Labute approximate surface area is 235 Å². The van der Waals surface area contributed by atoms with Crippen molar-refractivity contribution in [3.8, 4) is 16.9 Å². The predicted molar refractivity (Wildman–Crippen MR) is 145 cm³/mol. The van der Waals surface area contributed by atoms with E-state index in [1.165, 1.54) is 25.1 Å². The van der Waals surface area contributed by atoms with E-state index in [2.05, 4.69) is 4.72 Å². The number of sulfonamides is 1. The van der Waals surface area contributed by atoms with E-state index < -0.39 is 74.4 Å². The first-order chi connectivity index (χ1) is 19.1. The van der Waals surface area contributed by atoms with Crippen LogP contribution in [-0.4, -0.2) is 84.6 Å². The van der Waals surface area contributed by atoms with E-state index in [0.29, 0.717) is 22.4 Å². The highest BCUT2D eigenvalue weighted by molar-refractivity contribution is 7.92. The second-order valence-electron chi connectivity index (χ2n) is 11.2. The van der Waals surface area contributed by atoms with Crippen LogP contribution in [0.4, 0.5) is 5.69 Å². The molecule has 0 bridgehead atoms. The number of fused-ring (bicyclic) bond motifs is 3. The van der Waals surface area contributed by atoms with Gasteiger partial charge in [-0.2, -0.15) is 0 Å². The van der Waals surface area contributed by atoms with E-state index in [1.807, 2.05) is 0 Å². The standard InChI is InChI=1S/C28H29N3O9S/c1-31(2)22-17-11-13-10-16-15(12-4-6-14(7-5-12)30-41(3,39)40)8-9-18(32)20(16)23(33)19(13)25(35)28(17,38)26(36)21(24(22)34)27(29)37/h4-9,13,17,19,21-22,30,32,38H,10-11H2,1-3H3,(H2,29,37)/t13-,17-,19?,21?,22+,28-/m0/s1. The summed E-state index contributed by atoms with van der Waals surface area (Å²) in [5, 5.41) is 22.4.